The molecule has 1 aromatic carbocycles. The van der Waals surface area contributed by atoms with Gasteiger partial charge in [0.25, 0.3) is 0 Å². The normalized spacial score (nSPS) is 18.6. The molecule has 0 radical (unpaired) electrons. The maximum absolute atomic E-state index is 5.40. The summed E-state index contributed by atoms with van der Waals surface area (Å²) in [4.78, 5) is 7.31. The van der Waals surface area contributed by atoms with E-state index in [9.17, 15) is 0 Å². The fourth-order valence-electron chi connectivity index (χ4n) is 3.50. The van der Waals surface area contributed by atoms with Crippen molar-refractivity contribution in [3.05, 3.63) is 29.8 Å². The van der Waals surface area contributed by atoms with Crippen LogP contribution >= 0.6 is 0 Å². The van der Waals surface area contributed by atoms with Gasteiger partial charge in [0.15, 0.2) is 5.96 Å². The number of hydrogen-bond acceptors (Lipinski definition) is 3. The van der Waals surface area contributed by atoms with Crippen molar-refractivity contribution in [3.63, 3.8) is 0 Å². The lowest BCUT2D eigenvalue weighted by atomic mass is 10.0. The van der Waals surface area contributed by atoms with Crippen molar-refractivity contribution in [1.29, 1.82) is 0 Å². The molecule has 5 heteroatoms. The molecule has 26 heavy (non-hydrogen) atoms. The molecule has 146 valence electrons. The summed E-state index contributed by atoms with van der Waals surface area (Å²) >= 11 is 0. The van der Waals surface area contributed by atoms with Crippen LogP contribution in [-0.2, 0) is 6.54 Å². The second-order valence-corrected chi connectivity index (χ2v) is 7.19. The van der Waals surface area contributed by atoms with Gasteiger partial charge in [-0.3, -0.25) is 0 Å². The standard InChI is InChI=1S/C21H36N4O/c1-4-22-21(24-16-19-11-5-6-12-20(19)26-3)23-13-7-8-14-25-15-9-10-18(2)17-25/h5-6,11-12,18H,4,7-10,13-17H2,1-3H3,(H2,22,23,24). The van der Waals surface area contributed by atoms with E-state index in [1.807, 2.05) is 18.2 Å². The Morgan fingerprint density at radius 2 is 2.12 bits per heavy atom. The molecule has 0 spiro atoms. The van der Waals surface area contributed by atoms with Gasteiger partial charge in [-0.05, 0) is 57.7 Å². The summed E-state index contributed by atoms with van der Waals surface area (Å²) in [6.45, 7) is 10.7. The van der Waals surface area contributed by atoms with Crippen LogP contribution in [0.4, 0.5) is 0 Å². The number of rotatable bonds is 9. The molecule has 2 N–H and O–H groups in total. The Morgan fingerprint density at radius 1 is 1.27 bits per heavy atom. The van der Waals surface area contributed by atoms with Gasteiger partial charge in [0, 0.05) is 25.2 Å². The van der Waals surface area contributed by atoms with E-state index in [1.165, 1.54) is 45.3 Å². The summed E-state index contributed by atoms with van der Waals surface area (Å²) < 4.78 is 5.40. The molecule has 0 saturated carbocycles. The van der Waals surface area contributed by atoms with Crippen LogP contribution in [0.15, 0.2) is 29.3 Å². The quantitative estimate of drug-likeness (QED) is 0.403. The van der Waals surface area contributed by atoms with Crippen molar-refractivity contribution in [2.45, 2.75) is 46.1 Å². The molecule has 1 heterocycles. The molecule has 5 nitrogen and oxygen atoms in total. The van der Waals surface area contributed by atoms with Gasteiger partial charge in [0.2, 0.25) is 0 Å². The number of para-hydroxylation sites is 1. The van der Waals surface area contributed by atoms with Crippen LogP contribution < -0.4 is 15.4 Å². The summed E-state index contributed by atoms with van der Waals surface area (Å²) in [6.07, 6.45) is 5.17. The predicted octanol–water partition coefficient (Wildman–Crippen LogP) is 3.26. The smallest absolute Gasteiger partial charge is 0.191 e. The number of piperidine rings is 1. The average molecular weight is 361 g/mol. The largest absolute Gasteiger partial charge is 0.496 e. The van der Waals surface area contributed by atoms with Gasteiger partial charge in [0.05, 0.1) is 13.7 Å². The molecule has 0 bridgehead atoms. The number of benzene rings is 1. The molecule has 0 amide bonds. The summed E-state index contributed by atoms with van der Waals surface area (Å²) in [5, 5.41) is 6.78. The second kappa shape index (κ2) is 11.8. The van der Waals surface area contributed by atoms with Gasteiger partial charge in [-0.25, -0.2) is 4.99 Å². The minimum atomic E-state index is 0.616. The fraction of sp³-hybridized carbons (Fsp3) is 0.667. The molecule has 0 aromatic heterocycles. The van der Waals surface area contributed by atoms with E-state index in [-0.39, 0.29) is 0 Å². The minimum absolute atomic E-state index is 0.616. The Hall–Kier alpha value is -1.75. The number of likely N-dealkylation sites (tertiary alicyclic amines) is 1. The molecule has 1 atom stereocenters. The number of guanidine groups is 1. The molecule has 2 rings (SSSR count). The molecule has 1 aliphatic heterocycles. The Labute approximate surface area is 159 Å². The molecular formula is C21H36N4O. The summed E-state index contributed by atoms with van der Waals surface area (Å²) in [7, 11) is 1.70. The van der Waals surface area contributed by atoms with Crippen molar-refractivity contribution in [2.75, 3.05) is 39.8 Å². The van der Waals surface area contributed by atoms with E-state index in [0.717, 1.165) is 36.3 Å². The average Bonchev–Trinajstić information content (AvgIpc) is 2.66. The van der Waals surface area contributed by atoms with Crippen molar-refractivity contribution in [2.24, 2.45) is 10.9 Å². The van der Waals surface area contributed by atoms with Crippen LogP contribution in [0.2, 0.25) is 0 Å². The Morgan fingerprint density at radius 3 is 2.88 bits per heavy atom. The molecule has 1 aliphatic rings. The van der Waals surface area contributed by atoms with E-state index in [4.69, 9.17) is 9.73 Å². The van der Waals surface area contributed by atoms with Gasteiger partial charge in [0.1, 0.15) is 5.75 Å². The number of hydrogen-bond donors (Lipinski definition) is 2. The monoisotopic (exact) mass is 360 g/mol. The van der Waals surface area contributed by atoms with E-state index < -0.39 is 0 Å². The lowest BCUT2D eigenvalue weighted by Crippen LogP contribution is -2.38. The number of ether oxygens (including phenoxy) is 1. The Bertz CT molecular complexity index is 547. The molecule has 1 saturated heterocycles. The highest BCUT2D eigenvalue weighted by atomic mass is 16.5. The lowest BCUT2D eigenvalue weighted by molar-refractivity contribution is 0.181. The third kappa shape index (κ3) is 7.24. The summed E-state index contributed by atoms with van der Waals surface area (Å²) in [5.41, 5.74) is 1.10. The van der Waals surface area contributed by atoms with Gasteiger partial charge < -0.3 is 20.3 Å². The molecule has 0 aliphatic carbocycles. The van der Waals surface area contributed by atoms with E-state index >= 15 is 0 Å². The maximum atomic E-state index is 5.40. The number of nitrogens with zero attached hydrogens (tertiary/aromatic N) is 2. The van der Waals surface area contributed by atoms with E-state index in [0.29, 0.717) is 6.54 Å². The Balaban J connectivity index is 1.71. The highest BCUT2D eigenvalue weighted by Gasteiger charge is 2.15. The maximum Gasteiger partial charge on any atom is 0.191 e. The number of methoxy groups -OCH3 is 1. The number of nitrogens with one attached hydrogen (secondary N) is 2. The summed E-state index contributed by atoms with van der Waals surface area (Å²) in [6, 6.07) is 8.05. The first kappa shape index (κ1) is 20.6. The zero-order valence-corrected chi connectivity index (χ0v) is 16.8. The summed E-state index contributed by atoms with van der Waals surface area (Å²) in [5.74, 6) is 2.64. The van der Waals surface area contributed by atoms with Gasteiger partial charge in [-0.2, -0.15) is 0 Å². The van der Waals surface area contributed by atoms with Crippen molar-refractivity contribution in [3.8, 4) is 5.75 Å². The number of aliphatic imine (C=N–C) groups is 1. The van der Waals surface area contributed by atoms with Gasteiger partial charge in [-0.15, -0.1) is 0 Å². The molecular weight excluding hydrogens is 324 g/mol. The van der Waals surface area contributed by atoms with Crippen LogP contribution in [0, 0.1) is 5.92 Å². The Kier molecular flexibility index (Phi) is 9.32. The third-order valence-corrected chi connectivity index (χ3v) is 4.88. The van der Waals surface area contributed by atoms with E-state index in [2.05, 4.69) is 35.4 Å². The second-order valence-electron chi connectivity index (χ2n) is 7.19. The first-order valence-electron chi connectivity index (χ1n) is 10.1. The SMILES string of the molecule is CCNC(=NCc1ccccc1OC)NCCCCN1CCCC(C)C1. The van der Waals surface area contributed by atoms with Crippen LogP contribution in [0.25, 0.3) is 0 Å². The molecule has 1 aromatic rings. The molecule has 1 fully saturated rings. The van der Waals surface area contributed by atoms with Crippen molar-refractivity contribution >= 4 is 5.96 Å². The fourth-order valence-corrected chi connectivity index (χ4v) is 3.50. The number of unbranched alkanes of at least 4 members (excludes halogenated alkanes) is 1. The van der Waals surface area contributed by atoms with Crippen LogP contribution in [0.1, 0.15) is 45.1 Å². The predicted molar refractivity (Wildman–Crippen MR) is 110 cm³/mol. The van der Waals surface area contributed by atoms with Gasteiger partial charge in [-0.1, -0.05) is 25.1 Å². The van der Waals surface area contributed by atoms with Crippen molar-refractivity contribution in [1.82, 2.24) is 15.5 Å². The minimum Gasteiger partial charge on any atom is -0.496 e. The van der Waals surface area contributed by atoms with E-state index in [1.54, 1.807) is 7.11 Å². The van der Waals surface area contributed by atoms with Gasteiger partial charge >= 0.3 is 0 Å². The zero-order valence-electron chi connectivity index (χ0n) is 16.8. The first-order chi connectivity index (χ1) is 12.7. The highest BCUT2D eigenvalue weighted by molar-refractivity contribution is 5.79. The molecule has 1 unspecified atom stereocenters. The van der Waals surface area contributed by atoms with Crippen molar-refractivity contribution < 1.29 is 4.74 Å². The van der Waals surface area contributed by atoms with Crippen LogP contribution in [0.3, 0.4) is 0 Å². The van der Waals surface area contributed by atoms with Crippen LogP contribution in [0.5, 0.6) is 5.75 Å². The first-order valence-corrected chi connectivity index (χ1v) is 10.1. The zero-order chi connectivity index (χ0) is 18.6. The highest BCUT2D eigenvalue weighted by Crippen LogP contribution is 2.18. The topological polar surface area (TPSA) is 48.9 Å². The third-order valence-electron chi connectivity index (χ3n) is 4.88. The van der Waals surface area contributed by atoms with Crippen LogP contribution in [-0.4, -0.2) is 50.7 Å². The lowest BCUT2D eigenvalue weighted by Gasteiger charge is -2.30.